The monoisotopic (exact) mass is 391 g/mol. The molecule has 0 atom stereocenters. The lowest BCUT2D eigenvalue weighted by Gasteiger charge is -2.22. The van der Waals surface area contributed by atoms with E-state index in [1.807, 2.05) is 13.8 Å². The molecule has 1 N–H and O–H groups in total. The molecule has 0 aromatic carbocycles. The SMILES string of the molecule is COC(C)(C)CCn1cc(NC(=O)c2cnc(Cl)nc2C(F)(F)F)cn1. The molecule has 0 aliphatic rings. The maximum absolute atomic E-state index is 13.0. The number of hydrogen-bond acceptors (Lipinski definition) is 5. The number of aryl methyl sites for hydroxylation is 1. The van der Waals surface area contributed by atoms with Crippen LogP contribution in [0.15, 0.2) is 18.6 Å². The van der Waals surface area contributed by atoms with Crippen LogP contribution in [0.25, 0.3) is 0 Å². The van der Waals surface area contributed by atoms with Gasteiger partial charge in [-0.05, 0) is 31.9 Å². The topological polar surface area (TPSA) is 81.9 Å². The number of nitrogens with zero attached hydrogens (tertiary/aromatic N) is 4. The van der Waals surface area contributed by atoms with Crippen LogP contribution in [0.4, 0.5) is 18.9 Å². The quantitative estimate of drug-likeness (QED) is 0.763. The van der Waals surface area contributed by atoms with Crippen molar-refractivity contribution in [2.45, 2.75) is 38.6 Å². The van der Waals surface area contributed by atoms with Gasteiger partial charge in [0.2, 0.25) is 5.28 Å². The van der Waals surface area contributed by atoms with Crippen molar-refractivity contribution < 1.29 is 22.7 Å². The Kier molecular flexibility index (Phi) is 5.87. The summed E-state index contributed by atoms with van der Waals surface area (Å²) in [5.74, 6) is -1.01. The molecule has 0 fully saturated rings. The predicted octanol–water partition coefficient (Wildman–Crippen LogP) is 3.41. The average molecular weight is 392 g/mol. The van der Waals surface area contributed by atoms with E-state index in [-0.39, 0.29) is 11.3 Å². The largest absolute Gasteiger partial charge is 0.434 e. The molecule has 0 bridgehead atoms. The third-order valence-corrected chi connectivity index (χ3v) is 3.84. The van der Waals surface area contributed by atoms with Crippen molar-refractivity contribution in [2.75, 3.05) is 12.4 Å². The van der Waals surface area contributed by atoms with Crippen LogP contribution in [0.5, 0.6) is 0 Å². The Bertz CT molecular complexity index is 792. The van der Waals surface area contributed by atoms with Crippen molar-refractivity contribution in [3.8, 4) is 0 Å². The number of rotatable bonds is 6. The van der Waals surface area contributed by atoms with Gasteiger partial charge in [0.15, 0.2) is 5.69 Å². The van der Waals surface area contributed by atoms with E-state index in [4.69, 9.17) is 16.3 Å². The van der Waals surface area contributed by atoms with E-state index >= 15 is 0 Å². The van der Waals surface area contributed by atoms with Crippen molar-refractivity contribution >= 4 is 23.2 Å². The first-order chi connectivity index (χ1) is 12.0. The van der Waals surface area contributed by atoms with Crippen molar-refractivity contribution in [1.82, 2.24) is 19.7 Å². The highest BCUT2D eigenvalue weighted by Gasteiger charge is 2.38. The van der Waals surface area contributed by atoms with Crippen LogP contribution in [0, 0.1) is 0 Å². The lowest BCUT2D eigenvalue weighted by molar-refractivity contribution is -0.141. The summed E-state index contributed by atoms with van der Waals surface area (Å²) in [4.78, 5) is 18.7. The van der Waals surface area contributed by atoms with Crippen molar-refractivity contribution in [3.63, 3.8) is 0 Å². The van der Waals surface area contributed by atoms with Gasteiger partial charge in [0.1, 0.15) is 0 Å². The fourth-order valence-electron chi connectivity index (χ4n) is 1.98. The molecular formula is C15H17ClF3N5O2. The van der Waals surface area contributed by atoms with Crippen molar-refractivity contribution in [2.24, 2.45) is 0 Å². The highest BCUT2D eigenvalue weighted by atomic mass is 35.5. The normalized spacial score (nSPS) is 12.3. The molecule has 0 radical (unpaired) electrons. The van der Waals surface area contributed by atoms with Crippen molar-refractivity contribution in [3.05, 3.63) is 35.1 Å². The van der Waals surface area contributed by atoms with Crippen LogP contribution in [-0.2, 0) is 17.5 Å². The van der Waals surface area contributed by atoms with Gasteiger partial charge in [-0.1, -0.05) is 0 Å². The van der Waals surface area contributed by atoms with Gasteiger partial charge in [-0.2, -0.15) is 18.3 Å². The van der Waals surface area contributed by atoms with Crippen LogP contribution in [0.1, 0.15) is 36.3 Å². The molecule has 0 saturated carbocycles. The predicted molar refractivity (Wildman–Crippen MR) is 87.9 cm³/mol. The molecular weight excluding hydrogens is 375 g/mol. The lowest BCUT2D eigenvalue weighted by atomic mass is 10.1. The van der Waals surface area contributed by atoms with E-state index in [1.54, 1.807) is 11.8 Å². The van der Waals surface area contributed by atoms with Gasteiger partial charge in [-0.3, -0.25) is 9.48 Å². The van der Waals surface area contributed by atoms with Gasteiger partial charge in [0, 0.05) is 26.0 Å². The minimum absolute atomic E-state index is 0.244. The third kappa shape index (κ3) is 5.15. The van der Waals surface area contributed by atoms with E-state index in [0.29, 0.717) is 13.0 Å². The number of alkyl halides is 3. The maximum atomic E-state index is 13.0. The molecule has 0 unspecified atom stereocenters. The average Bonchev–Trinajstić information content (AvgIpc) is 2.99. The number of carbonyl (C=O) groups is 1. The summed E-state index contributed by atoms with van der Waals surface area (Å²) in [6.07, 6.45) is -0.606. The molecule has 2 aromatic rings. The Morgan fingerprint density at radius 3 is 2.65 bits per heavy atom. The molecule has 2 aromatic heterocycles. The summed E-state index contributed by atoms with van der Waals surface area (Å²) in [7, 11) is 1.60. The zero-order chi connectivity index (χ0) is 19.5. The second-order valence-corrected chi connectivity index (χ2v) is 6.40. The smallest absolute Gasteiger partial charge is 0.379 e. The molecule has 7 nitrogen and oxygen atoms in total. The Morgan fingerprint density at radius 1 is 1.35 bits per heavy atom. The van der Waals surface area contributed by atoms with Gasteiger partial charge in [-0.25, -0.2) is 9.97 Å². The van der Waals surface area contributed by atoms with Crippen molar-refractivity contribution in [1.29, 1.82) is 0 Å². The molecule has 2 rings (SSSR count). The first-order valence-electron chi connectivity index (χ1n) is 7.50. The third-order valence-electron chi connectivity index (χ3n) is 3.66. The van der Waals surface area contributed by atoms with Crippen LogP contribution in [-0.4, -0.2) is 38.4 Å². The fourth-order valence-corrected chi connectivity index (χ4v) is 2.11. The van der Waals surface area contributed by atoms with E-state index in [0.717, 1.165) is 6.20 Å². The number of aromatic nitrogens is 4. The van der Waals surface area contributed by atoms with E-state index in [9.17, 15) is 18.0 Å². The number of nitrogens with one attached hydrogen (secondary N) is 1. The van der Waals surface area contributed by atoms with Gasteiger partial charge in [0.25, 0.3) is 5.91 Å². The highest BCUT2D eigenvalue weighted by Crippen LogP contribution is 2.31. The molecule has 0 aliphatic heterocycles. The zero-order valence-corrected chi connectivity index (χ0v) is 15.0. The first-order valence-corrected chi connectivity index (χ1v) is 7.88. The summed E-state index contributed by atoms with van der Waals surface area (Å²) < 4.78 is 45.9. The lowest BCUT2D eigenvalue weighted by Crippen LogP contribution is -2.24. The summed E-state index contributed by atoms with van der Waals surface area (Å²) in [5, 5.41) is 5.81. The number of amides is 1. The fraction of sp³-hybridized carbons (Fsp3) is 0.467. The van der Waals surface area contributed by atoms with E-state index in [2.05, 4.69) is 20.4 Å². The molecule has 142 valence electrons. The number of hydrogen-bond donors (Lipinski definition) is 1. The summed E-state index contributed by atoms with van der Waals surface area (Å²) in [5.41, 5.74) is -2.23. The first kappa shape index (κ1) is 20.1. The number of ether oxygens (including phenoxy) is 1. The van der Waals surface area contributed by atoms with E-state index in [1.165, 1.54) is 12.4 Å². The zero-order valence-electron chi connectivity index (χ0n) is 14.3. The minimum atomic E-state index is -4.84. The Balaban J connectivity index is 2.12. The Labute approximate surface area is 152 Å². The molecule has 0 saturated heterocycles. The van der Waals surface area contributed by atoms with Gasteiger partial charge < -0.3 is 10.1 Å². The number of anilines is 1. The van der Waals surface area contributed by atoms with Crippen LogP contribution in [0.2, 0.25) is 5.28 Å². The Morgan fingerprint density at radius 2 is 2.04 bits per heavy atom. The van der Waals surface area contributed by atoms with Crippen LogP contribution >= 0.6 is 11.6 Å². The van der Waals surface area contributed by atoms with Gasteiger partial charge >= 0.3 is 6.18 Å². The molecule has 2 heterocycles. The second kappa shape index (κ2) is 7.58. The van der Waals surface area contributed by atoms with Crippen LogP contribution < -0.4 is 5.32 Å². The molecule has 1 amide bonds. The molecule has 11 heteroatoms. The van der Waals surface area contributed by atoms with E-state index < -0.39 is 28.6 Å². The van der Waals surface area contributed by atoms with Gasteiger partial charge in [0.05, 0.1) is 23.0 Å². The highest BCUT2D eigenvalue weighted by molar-refractivity contribution is 6.28. The summed E-state index contributed by atoms with van der Waals surface area (Å²) in [6.45, 7) is 4.34. The maximum Gasteiger partial charge on any atom is 0.434 e. The van der Waals surface area contributed by atoms with Gasteiger partial charge in [-0.15, -0.1) is 0 Å². The second-order valence-electron chi connectivity index (χ2n) is 6.06. The standard InChI is InChI=1S/C15H17ClF3N5O2/c1-14(2,26-3)4-5-24-8-9(6-21-24)22-12(25)10-7-20-13(16)23-11(10)15(17,18)19/h6-8H,4-5H2,1-3H3,(H,22,25). The number of methoxy groups -OCH3 is 1. The number of carbonyl (C=O) groups excluding carboxylic acids is 1. The molecule has 26 heavy (non-hydrogen) atoms. The molecule has 0 aliphatic carbocycles. The number of halogens is 4. The Hall–Kier alpha value is -2.20. The minimum Gasteiger partial charge on any atom is -0.379 e. The summed E-state index contributed by atoms with van der Waals surface area (Å²) >= 11 is 5.40. The molecule has 0 spiro atoms. The summed E-state index contributed by atoms with van der Waals surface area (Å²) in [6, 6.07) is 0. The van der Waals surface area contributed by atoms with Crippen LogP contribution in [0.3, 0.4) is 0 Å².